The van der Waals surface area contributed by atoms with Crippen molar-refractivity contribution in [3.8, 4) is 0 Å². The number of esters is 1. The Kier molecular flexibility index (Phi) is 6.54. The van der Waals surface area contributed by atoms with E-state index < -0.39 is 38.8 Å². The summed E-state index contributed by atoms with van der Waals surface area (Å²) >= 11 is 1.03. The highest BCUT2D eigenvalue weighted by Gasteiger charge is 2.72. The van der Waals surface area contributed by atoms with Gasteiger partial charge < -0.3 is 14.4 Å². The average molecular weight is 541 g/mol. The Labute approximate surface area is 221 Å². The molecule has 3 saturated heterocycles. The molecule has 2 aromatic carbocycles. The van der Waals surface area contributed by atoms with Gasteiger partial charge in [-0.25, -0.2) is 14.6 Å². The molecule has 13 nitrogen and oxygen atoms in total. The normalized spacial score (nSPS) is 26.6. The van der Waals surface area contributed by atoms with Crippen LogP contribution >= 0.6 is 11.8 Å². The van der Waals surface area contributed by atoms with Crippen molar-refractivity contribution >= 4 is 41.6 Å². The van der Waals surface area contributed by atoms with Crippen LogP contribution in [0.5, 0.6) is 0 Å². The first-order valence-electron chi connectivity index (χ1n) is 11.6. The number of nitro groups is 1. The lowest BCUT2D eigenvalue weighted by Crippen LogP contribution is -2.76. The van der Waals surface area contributed by atoms with Crippen molar-refractivity contribution in [2.45, 2.75) is 22.6 Å². The molecule has 0 bridgehead atoms. The SMILES string of the molecule is COC1(N)C(=O)N2C[C@@](C(=O)OCc3ccc([N+](=O)[O-])cc3)(N3CCN(/N=C/c4ccccc4)C3=O)S[C@@H]21. The molecule has 3 heterocycles. The maximum absolute atomic E-state index is 13.6. The van der Waals surface area contributed by atoms with Crippen LogP contribution in [-0.2, 0) is 25.7 Å². The van der Waals surface area contributed by atoms with E-state index in [9.17, 15) is 24.5 Å². The number of fused-ring (bicyclic) bond motifs is 1. The Morgan fingerprint density at radius 1 is 1.21 bits per heavy atom. The van der Waals surface area contributed by atoms with Gasteiger partial charge in [0.05, 0.1) is 24.2 Å². The number of nitrogens with zero attached hydrogens (tertiary/aromatic N) is 5. The summed E-state index contributed by atoms with van der Waals surface area (Å²) in [4.78, 5) is 51.3. The van der Waals surface area contributed by atoms with Crippen LogP contribution < -0.4 is 5.73 Å². The van der Waals surface area contributed by atoms with Gasteiger partial charge in [0.25, 0.3) is 11.6 Å². The zero-order valence-corrected chi connectivity index (χ0v) is 21.1. The maximum atomic E-state index is 13.6. The number of methoxy groups -OCH3 is 1. The number of hydrazone groups is 1. The number of carbonyl (C=O) groups excluding carboxylic acids is 3. The number of carbonyl (C=O) groups is 3. The highest BCUT2D eigenvalue weighted by Crippen LogP contribution is 2.53. The molecule has 0 aliphatic carbocycles. The summed E-state index contributed by atoms with van der Waals surface area (Å²) in [6.45, 7) is 0.0545. The van der Waals surface area contributed by atoms with E-state index in [4.69, 9.17) is 15.2 Å². The van der Waals surface area contributed by atoms with Gasteiger partial charge in [0.2, 0.25) is 10.6 Å². The van der Waals surface area contributed by atoms with Gasteiger partial charge in [-0.3, -0.25) is 25.5 Å². The van der Waals surface area contributed by atoms with Gasteiger partial charge in [-0.05, 0) is 23.3 Å². The van der Waals surface area contributed by atoms with Crippen LogP contribution in [0.2, 0.25) is 0 Å². The highest BCUT2D eigenvalue weighted by atomic mass is 32.2. The Morgan fingerprint density at radius 2 is 1.92 bits per heavy atom. The van der Waals surface area contributed by atoms with Crippen molar-refractivity contribution in [2.24, 2.45) is 10.8 Å². The van der Waals surface area contributed by atoms with Crippen molar-refractivity contribution in [1.29, 1.82) is 0 Å². The van der Waals surface area contributed by atoms with Crippen LogP contribution in [0.25, 0.3) is 0 Å². The molecule has 3 atom stereocenters. The maximum Gasteiger partial charge on any atom is 0.345 e. The van der Waals surface area contributed by atoms with E-state index in [1.165, 1.54) is 46.2 Å². The lowest BCUT2D eigenvalue weighted by Gasteiger charge is -2.47. The van der Waals surface area contributed by atoms with Crippen LogP contribution in [0.1, 0.15) is 11.1 Å². The number of benzene rings is 2. The van der Waals surface area contributed by atoms with E-state index in [-0.39, 0.29) is 31.9 Å². The summed E-state index contributed by atoms with van der Waals surface area (Å²) in [5, 5.41) is 15.7. The molecule has 5 rings (SSSR count). The number of non-ortho nitro benzene ring substituents is 1. The third-order valence-corrected chi connectivity index (χ3v) is 8.41. The fourth-order valence-corrected chi connectivity index (χ4v) is 6.24. The summed E-state index contributed by atoms with van der Waals surface area (Å²) in [6.07, 6.45) is 1.55. The first-order chi connectivity index (χ1) is 18.2. The summed E-state index contributed by atoms with van der Waals surface area (Å²) in [5.74, 6) is -1.24. The minimum atomic E-state index is -1.63. The second-order valence-corrected chi connectivity index (χ2v) is 10.3. The van der Waals surface area contributed by atoms with Gasteiger partial charge in [-0.1, -0.05) is 42.1 Å². The third kappa shape index (κ3) is 4.15. The van der Waals surface area contributed by atoms with E-state index in [2.05, 4.69) is 5.10 Å². The van der Waals surface area contributed by atoms with Crippen LogP contribution in [0.15, 0.2) is 59.7 Å². The van der Waals surface area contributed by atoms with Crippen molar-refractivity contribution < 1.29 is 28.8 Å². The predicted octanol–water partition coefficient (Wildman–Crippen LogP) is 1.32. The molecular weight excluding hydrogens is 516 g/mol. The number of rotatable bonds is 8. The molecule has 0 aromatic heterocycles. The number of nitrogens with two attached hydrogens (primary N) is 1. The minimum absolute atomic E-state index is 0.0940. The van der Waals surface area contributed by atoms with Crippen molar-refractivity contribution in [3.63, 3.8) is 0 Å². The molecule has 1 unspecified atom stereocenters. The minimum Gasteiger partial charge on any atom is -0.458 e. The van der Waals surface area contributed by atoms with Crippen LogP contribution in [-0.4, -0.2) is 86.6 Å². The van der Waals surface area contributed by atoms with Crippen LogP contribution in [0.4, 0.5) is 10.5 Å². The summed E-state index contributed by atoms with van der Waals surface area (Å²) in [7, 11) is 1.31. The summed E-state index contributed by atoms with van der Waals surface area (Å²) < 4.78 is 10.9. The standard InChI is InChI=1S/C24H24N6O7S/c1-36-24(25)19(31)27-15-23(38-20(24)27,21(32)37-14-17-7-9-18(10-8-17)30(34)35)28-11-12-29(22(28)33)26-13-16-5-3-2-4-6-16/h2-10,13,20H,11-12,14-15,25H2,1H3/b26-13+/t20-,23-,24?/m1/s1. The molecule has 3 fully saturated rings. The fraction of sp³-hybridized carbons (Fsp3) is 0.333. The Hall–Kier alpha value is -4.01. The molecule has 0 radical (unpaired) electrons. The number of ether oxygens (including phenoxy) is 2. The fourth-order valence-electron chi connectivity index (χ4n) is 4.54. The third-order valence-electron chi connectivity index (χ3n) is 6.68. The monoisotopic (exact) mass is 540 g/mol. The van der Waals surface area contributed by atoms with Crippen LogP contribution in [0, 0.1) is 10.1 Å². The smallest absolute Gasteiger partial charge is 0.345 e. The zero-order chi connectivity index (χ0) is 27.1. The topological polar surface area (TPSA) is 161 Å². The molecule has 2 aromatic rings. The number of amides is 3. The van der Waals surface area contributed by atoms with Crippen molar-refractivity contribution in [1.82, 2.24) is 14.8 Å². The zero-order valence-electron chi connectivity index (χ0n) is 20.3. The molecule has 0 spiro atoms. The van der Waals surface area contributed by atoms with Gasteiger partial charge >= 0.3 is 12.0 Å². The molecule has 0 saturated carbocycles. The number of nitro benzene ring substituents is 1. The van der Waals surface area contributed by atoms with Gasteiger partial charge in [0.1, 0.15) is 12.0 Å². The molecular formula is C24H24N6O7S. The number of urea groups is 1. The second kappa shape index (κ2) is 9.70. The molecule has 38 heavy (non-hydrogen) atoms. The lowest BCUT2D eigenvalue weighted by molar-refractivity contribution is -0.384. The Bertz CT molecular complexity index is 1310. The predicted molar refractivity (Wildman–Crippen MR) is 135 cm³/mol. The average Bonchev–Trinajstić information content (AvgIpc) is 3.51. The van der Waals surface area contributed by atoms with E-state index in [0.29, 0.717) is 5.56 Å². The Morgan fingerprint density at radius 3 is 2.58 bits per heavy atom. The second-order valence-electron chi connectivity index (χ2n) is 8.90. The molecule has 2 N–H and O–H groups in total. The van der Waals surface area contributed by atoms with E-state index in [0.717, 1.165) is 17.3 Å². The number of thioether (sulfide) groups is 1. The van der Waals surface area contributed by atoms with Gasteiger partial charge in [-0.15, -0.1) is 0 Å². The van der Waals surface area contributed by atoms with Gasteiger partial charge in [0, 0.05) is 25.8 Å². The lowest BCUT2D eigenvalue weighted by atomic mass is 10.0. The number of hydrogen-bond acceptors (Lipinski definition) is 10. The summed E-state index contributed by atoms with van der Waals surface area (Å²) in [6, 6.07) is 14.3. The molecule has 198 valence electrons. The van der Waals surface area contributed by atoms with Gasteiger partial charge in [-0.2, -0.15) is 5.10 Å². The Balaban J connectivity index is 1.38. The summed E-state index contributed by atoms with van der Waals surface area (Å²) in [5.41, 5.74) is 5.75. The van der Waals surface area contributed by atoms with E-state index in [1.807, 2.05) is 30.3 Å². The number of β-lactam (4-membered cyclic amide) rings is 1. The quantitative estimate of drug-likeness (QED) is 0.130. The van der Waals surface area contributed by atoms with E-state index in [1.54, 1.807) is 6.21 Å². The molecule has 3 aliphatic heterocycles. The van der Waals surface area contributed by atoms with Gasteiger partial charge in [0.15, 0.2) is 0 Å². The van der Waals surface area contributed by atoms with Crippen molar-refractivity contribution in [3.05, 3.63) is 75.8 Å². The molecule has 14 heteroatoms. The first-order valence-corrected chi connectivity index (χ1v) is 12.5. The largest absolute Gasteiger partial charge is 0.458 e. The van der Waals surface area contributed by atoms with Crippen molar-refractivity contribution in [2.75, 3.05) is 26.7 Å². The number of hydrogen-bond donors (Lipinski definition) is 1. The van der Waals surface area contributed by atoms with E-state index >= 15 is 0 Å². The van der Waals surface area contributed by atoms with Crippen LogP contribution in [0.3, 0.4) is 0 Å². The highest BCUT2D eigenvalue weighted by molar-refractivity contribution is 8.02. The molecule has 3 amide bonds. The molecule has 3 aliphatic rings. The first kappa shape index (κ1) is 25.6.